The fourth-order valence-electron chi connectivity index (χ4n) is 3.37. The van der Waals surface area contributed by atoms with Gasteiger partial charge in [-0.05, 0) is 48.9 Å². The predicted octanol–water partition coefficient (Wildman–Crippen LogP) is 4.74. The first kappa shape index (κ1) is 12.5. The van der Waals surface area contributed by atoms with Gasteiger partial charge in [0.25, 0.3) is 0 Å². The second kappa shape index (κ2) is 4.46. The van der Waals surface area contributed by atoms with Crippen LogP contribution >= 0.6 is 0 Å². The summed E-state index contributed by atoms with van der Waals surface area (Å²) in [7, 11) is 0. The highest BCUT2D eigenvalue weighted by Gasteiger charge is 2.16. The van der Waals surface area contributed by atoms with Crippen molar-refractivity contribution in [3.05, 3.63) is 78.4 Å². The molecule has 5 rings (SSSR count). The zero-order valence-electron chi connectivity index (χ0n) is 12.8. The Morgan fingerprint density at radius 3 is 2.30 bits per heavy atom. The van der Waals surface area contributed by atoms with Gasteiger partial charge in [-0.25, -0.2) is 4.98 Å². The lowest BCUT2D eigenvalue weighted by Gasteiger charge is -2.05. The van der Waals surface area contributed by atoms with Crippen molar-refractivity contribution in [1.29, 1.82) is 0 Å². The summed E-state index contributed by atoms with van der Waals surface area (Å²) in [4.78, 5) is 4.88. The summed E-state index contributed by atoms with van der Waals surface area (Å²) in [5, 5.41) is 0. The fourth-order valence-corrected chi connectivity index (χ4v) is 3.37. The summed E-state index contributed by atoms with van der Waals surface area (Å²) < 4.78 is 4.48. The molecule has 3 heteroatoms. The first-order chi connectivity index (χ1) is 11.3. The summed E-state index contributed by atoms with van der Waals surface area (Å²) in [6.07, 6.45) is 0. The van der Waals surface area contributed by atoms with Gasteiger partial charge in [0.15, 0.2) is 0 Å². The number of para-hydroxylation sites is 4. The number of fused-ring (bicyclic) bond motifs is 5. The van der Waals surface area contributed by atoms with Gasteiger partial charge in [-0.1, -0.05) is 36.4 Å². The highest BCUT2D eigenvalue weighted by atomic mass is 15.2. The molecular weight excluding hydrogens is 282 g/mol. The van der Waals surface area contributed by atoms with Crippen LogP contribution in [0.2, 0.25) is 0 Å². The van der Waals surface area contributed by atoms with Crippen molar-refractivity contribution in [2.24, 2.45) is 0 Å². The summed E-state index contributed by atoms with van der Waals surface area (Å²) in [6.45, 7) is 2.12. The molecule has 0 saturated heterocycles. The smallest absolute Gasteiger partial charge is 0.220 e. The van der Waals surface area contributed by atoms with Gasteiger partial charge in [0, 0.05) is 5.69 Å². The third kappa shape index (κ3) is 1.67. The molecule has 5 aromatic rings. The molecule has 3 nitrogen and oxygen atoms in total. The molecule has 0 aliphatic heterocycles. The minimum atomic E-state index is 0.956. The van der Waals surface area contributed by atoms with E-state index >= 15 is 0 Å². The average molecular weight is 297 g/mol. The lowest BCUT2D eigenvalue weighted by Crippen LogP contribution is -1.95. The van der Waals surface area contributed by atoms with Crippen molar-refractivity contribution >= 4 is 27.8 Å². The van der Waals surface area contributed by atoms with Crippen molar-refractivity contribution in [2.45, 2.75) is 6.92 Å². The van der Waals surface area contributed by atoms with E-state index in [4.69, 9.17) is 4.98 Å². The summed E-state index contributed by atoms with van der Waals surface area (Å²) in [6, 6.07) is 25.3. The molecule has 0 fully saturated rings. The van der Waals surface area contributed by atoms with Crippen LogP contribution in [0.4, 0.5) is 0 Å². The largest absolute Gasteiger partial charge is 0.278 e. The van der Waals surface area contributed by atoms with Gasteiger partial charge in [-0.15, -0.1) is 0 Å². The molecule has 110 valence electrons. The van der Waals surface area contributed by atoms with Crippen LogP contribution in [0.25, 0.3) is 33.5 Å². The Morgan fingerprint density at radius 2 is 1.48 bits per heavy atom. The molecular formula is C20H15N3. The SMILES string of the molecule is Cc1cccc(-n2c3ccccc3n3c4ccccc4nc23)c1. The van der Waals surface area contributed by atoms with E-state index in [1.165, 1.54) is 16.6 Å². The Hall–Kier alpha value is -3.07. The molecule has 0 bridgehead atoms. The van der Waals surface area contributed by atoms with Crippen molar-refractivity contribution in [2.75, 3.05) is 0 Å². The van der Waals surface area contributed by atoms with Gasteiger partial charge in [0.05, 0.1) is 22.1 Å². The van der Waals surface area contributed by atoms with E-state index in [9.17, 15) is 0 Å². The van der Waals surface area contributed by atoms with Crippen LogP contribution < -0.4 is 0 Å². The Morgan fingerprint density at radius 1 is 0.739 bits per heavy atom. The summed E-state index contributed by atoms with van der Waals surface area (Å²) in [5.41, 5.74) is 6.91. The minimum absolute atomic E-state index is 0.956. The van der Waals surface area contributed by atoms with E-state index in [1.54, 1.807) is 0 Å². The number of aryl methyl sites for hydroxylation is 1. The molecule has 2 aromatic heterocycles. The first-order valence-electron chi connectivity index (χ1n) is 7.76. The van der Waals surface area contributed by atoms with Crippen molar-refractivity contribution in [3.63, 3.8) is 0 Å². The fraction of sp³-hybridized carbons (Fsp3) is 0.0500. The molecule has 0 N–H and O–H groups in total. The van der Waals surface area contributed by atoms with Crippen LogP contribution in [-0.4, -0.2) is 14.0 Å². The Kier molecular flexibility index (Phi) is 2.42. The Balaban J connectivity index is 2.04. The molecule has 3 aromatic carbocycles. The molecule has 0 aliphatic rings. The maximum Gasteiger partial charge on any atom is 0.220 e. The van der Waals surface area contributed by atoms with Crippen LogP contribution in [0.15, 0.2) is 72.8 Å². The van der Waals surface area contributed by atoms with Crippen molar-refractivity contribution in [3.8, 4) is 5.69 Å². The van der Waals surface area contributed by atoms with Gasteiger partial charge in [0.2, 0.25) is 5.78 Å². The average Bonchev–Trinajstić information content (AvgIpc) is 3.09. The first-order valence-corrected chi connectivity index (χ1v) is 7.76. The number of aromatic nitrogens is 3. The quantitative estimate of drug-likeness (QED) is 0.438. The number of hydrogen-bond donors (Lipinski definition) is 0. The number of hydrogen-bond acceptors (Lipinski definition) is 1. The molecule has 0 atom stereocenters. The third-order valence-corrected chi connectivity index (χ3v) is 4.37. The van der Waals surface area contributed by atoms with E-state index in [-0.39, 0.29) is 0 Å². The number of benzene rings is 3. The Bertz CT molecular complexity index is 1180. The maximum atomic E-state index is 4.88. The molecule has 0 radical (unpaired) electrons. The number of rotatable bonds is 1. The summed E-state index contributed by atoms with van der Waals surface area (Å²) in [5.74, 6) is 0.956. The number of nitrogens with zero attached hydrogens (tertiary/aromatic N) is 3. The van der Waals surface area contributed by atoms with Crippen LogP contribution in [0.1, 0.15) is 5.56 Å². The zero-order valence-corrected chi connectivity index (χ0v) is 12.8. The maximum absolute atomic E-state index is 4.88. The lowest BCUT2D eigenvalue weighted by molar-refractivity contribution is 1.10. The van der Waals surface area contributed by atoms with Crippen molar-refractivity contribution < 1.29 is 0 Å². The van der Waals surface area contributed by atoms with Crippen LogP contribution in [0.5, 0.6) is 0 Å². The highest BCUT2D eigenvalue weighted by molar-refractivity contribution is 5.91. The molecule has 0 amide bonds. The van der Waals surface area contributed by atoms with Gasteiger partial charge in [0.1, 0.15) is 0 Å². The van der Waals surface area contributed by atoms with Gasteiger partial charge < -0.3 is 0 Å². The Labute approximate surface area is 133 Å². The van der Waals surface area contributed by atoms with Gasteiger partial charge in [-0.3, -0.25) is 8.97 Å². The van der Waals surface area contributed by atoms with E-state index in [1.807, 2.05) is 6.07 Å². The van der Waals surface area contributed by atoms with Crippen LogP contribution in [-0.2, 0) is 0 Å². The molecule has 0 saturated carbocycles. The molecule has 0 unspecified atom stereocenters. The highest BCUT2D eigenvalue weighted by Crippen LogP contribution is 2.29. The predicted molar refractivity (Wildman–Crippen MR) is 94.3 cm³/mol. The number of imidazole rings is 2. The topological polar surface area (TPSA) is 22.2 Å². The lowest BCUT2D eigenvalue weighted by atomic mass is 10.2. The zero-order chi connectivity index (χ0) is 15.4. The molecule has 0 spiro atoms. The monoisotopic (exact) mass is 297 g/mol. The third-order valence-electron chi connectivity index (χ3n) is 4.37. The van der Waals surface area contributed by atoms with Gasteiger partial charge in [-0.2, -0.15) is 0 Å². The minimum Gasteiger partial charge on any atom is -0.278 e. The van der Waals surface area contributed by atoms with E-state index < -0.39 is 0 Å². The molecule has 23 heavy (non-hydrogen) atoms. The van der Waals surface area contributed by atoms with Crippen molar-refractivity contribution in [1.82, 2.24) is 14.0 Å². The second-order valence-corrected chi connectivity index (χ2v) is 5.90. The standard InChI is InChI=1S/C20H15N3/c1-14-7-6-8-15(13-14)22-18-11-4-5-12-19(18)23-17-10-3-2-9-16(17)21-20(22)23/h2-13H,1H3. The van der Waals surface area contributed by atoms with Crippen LogP contribution in [0.3, 0.4) is 0 Å². The molecule has 0 aliphatic carbocycles. The second-order valence-electron chi connectivity index (χ2n) is 5.90. The summed E-state index contributed by atoms with van der Waals surface area (Å²) >= 11 is 0. The van der Waals surface area contributed by atoms with Crippen LogP contribution in [0, 0.1) is 6.92 Å². The van der Waals surface area contributed by atoms with E-state index in [0.29, 0.717) is 0 Å². The normalized spacial score (nSPS) is 11.7. The molecule has 2 heterocycles. The van der Waals surface area contributed by atoms with E-state index in [2.05, 4.69) is 82.6 Å². The van der Waals surface area contributed by atoms with E-state index in [0.717, 1.165) is 22.5 Å². The van der Waals surface area contributed by atoms with Gasteiger partial charge >= 0.3 is 0 Å².